The number of tetrazole rings is 1. The summed E-state index contributed by atoms with van der Waals surface area (Å²) < 4.78 is 16.9. The summed E-state index contributed by atoms with van der Waals surface area (Å²) in [5.74, 6) is -0.226. The van der Waals surface area contributed by atoms with E-state index in [1.807, 2.05) is 95.7 Å². The zero-order chi connectivity index (χ0) is 42.3. The Morgan fingerprint density at radius 2 is 1.35 bits per heavy atom. The summed E-state index contributed by atoms with van der Waals surface area (Å²) in [6, 6.07) is 42.8. The molecule has 0 aliphatic carbocycles. The van der Waals surface area contributed by atoms with Crippen molar-refractivity contribution in [3.8, 4) is 22.5 Å². The Hall–Kier alpha value is -6.92. The number of benzene rings is 5. The normalized spacial score (nSPS) is 11.7. The molecule has 0 atom stereocenters. The third-order valence-corrected chi connectivity index (χ3v) is 10.3. The van der Waals surface area contributed by atoms with Crippen LogP contribution >= 0.6 is 0 Å². The maximum Gasteiger partial charge on any atom is 0.511 e. The number of H-pyrrole nitrogens is 1. The highest BCUT2D eigenvalue weighted by molar-refractivity contribution is 5.89. The largest absolute Gasteiger partial charge is 0.511 e. The molecule has 0 aliphatic heterocycles. The molecule has 2 N–H and O–H groups in total. The number of carbonyl (C=O) groups excluding carboxylic acids is 2. The average Bonchev–Trinajstić information content (AvgIpc) is 3.93. The molecule has 0 amide bonds. The van der Waals surface area contributed by atoms with Crippen LogP contribution in [0.2, 0.25) is 0 Å². The van der Waals surface area contributed by atoms with Crippen LogP contribution in [0.5, 0.6) is 0 Å². The van der Waals surface area contributed by atoms with Gasteiger partial charge in [-0.05, 0) is 89.1 Å². The lowest BCUT2D eigenvalue weighted by Gasteiger charge is -2.36. The highest BCUT2D eigenvalue weighted by Gasteiger charge is 2.42. The molecule has 0 aliphatic rings. The van der Waals surface area contributed by atoms with Gasteiger partial charge >= 0.3 is 12.1 Å². The Kier molecular flexibility index (Phi) is 12.3. The second-order valence-electron chi connectivity index (χ2n) is 15.2. The molecule has 12 heteroatoms. The van der Waals surface area contributed by atoms with Crippen molar-refractivity contribution in [2.45, 2.75) is 71.1 Å². The third-order valence-electron chi connectivity index (χ3n) is 10.3. The number of nitrogens with one attached hydrogen (secondary N) is 1. The van der Waals surface area contributed by atoms with Crippen molar-refractivity contribution in [2.75, 3.05) is 6.79 Å². The Morgan fingerprint density at radius 1 is 0.767 bits per heavy atom. The molecule has 2 heterocycles. The number of rotatable bonds is 15. The summed E-state index contributed by atoms with van der Waals surface area (Å²) in [5.41, 5.74) is 6.23. The fourth-order valence-corrected chi connectivity index (χ4v) is 7.96. The molecule has 0 saturated heterocycles. The van der Waals surface area contributed by atoms with Crippen LogP contribution in [0.3, 0.4) is 0 Å². The predicted molar refractivity (Wildman–Crippen MR) is 227 cm³/mol. The molecule has 0 fully saturated rings. The van der Waals surface area contributed by atoms with Crippen molar-refractivity contribution < 1.29 is 28.9 Å². The minimum atomic E-state index is -1.30. The fraction of sp³-hybridized carbons (Fsp3) is 0.250. The van der Waals surface area contributed by atoms with E-state index in [1.54, 1.807) is 27.7 Å². The smallest absolute Gasteiger partial charge is 0.431 e. The molecule has 0 spiro atoms. The predicted octanol–water partition coefficient (Wildman–Crippen LogP) is 9.02. The molecule has 7 rings (SSSR count). The van der Waals surface area contributed by atoms with Gasteiger partial charge in [-0.3, -0.25) is 0 Å². The van der Waals surface area contributed by atoms with Crippen LogP contribution in [0.1, 0.15) is 90.6 Å². The molecule has 60 heavy (non-hydrogen) atoms. The van der Waals surface area contributed by atoms with Crippen LogP contribution in [-0.2, 0) is 38.2 Å². The summed E-state index contributed by atoms with van der Waals surface area (Å²) in [6.07, 6.45) is 1.81. The topological polar surface area (TPSA) is 154 Å². The lowest BCUT2D eigenvalue weighted by Crippen LogP contribution is -2.39. The van der Waals surface area contributed by atoms with Crippen LogP contribution in [0, 0.1) is 0 Å². The van der Waals surface area contributed by atoms with E-state index in [0.717, 1.165) is 56.5 Å². The average molecular weight is 805 g/mol. The summed E-state index contributed by atoms with van der Waals surface area (Å²) in [5, 5.41) is 26.0. The number of carbonyl (C=O) groups is 2. The SMILES string of the molecule is CCCc1c(Cc2[nH]cnc2C(=O)OCOC(=O)OC(C)C)ccc(-c2ccccc2-c2nnnn2C(c2ccccc2)(c2ccccc2)c2ccccc2)c1C(C)(C)O. The molecule has 12 nitrogen and oxygen atoms in total. The number of aromatic amines is 1. The Balaban J connectivity index is 1.35. The van der Waals surface area contributed by atoms with Crippen LogP contribution in [0.15, 0.2) is 134 Å². The van der Waals surface area contributed by atoms with Crippen molar-refractivity contribution in [2.24, 2.45) is 0 Å². The maximum absolute atomic E-state index is 13.1. The van der Waals surface area contributed by atoms with E-state index < -0.39 is 30.1 Å². The fourth-order valence-electron chi connectivity index (χ4n) is 7.96. The van der Waals surface area contributed by atoms with Gasteiger partial charge < -0.3 is 24.3 Å². The molecular weight excluding hydrogens is 757 g/mol. The minimum absolute atomic E-state index is 0.0584. The number of hydrogen-bond acceptors (Lipinski definition) is 10. The van der Waals surface area contributed by atoms with Gasteiger partial charge in [-0.25, -0.2) is 19.3 Å². The van der Waals surface area contributed by atoms with Crippen molar-refractivity contribution in [3.05, 3.63) is 178 Å². The number of ether oxygens (including phenoxy) is 3. The van der Waals surface area contributed by atoms with Gasteiger partial charge in [0.25, 0.3) is 0 Å². The number of nitrogens with zero attached hydrogens (tertiary/aromatic N) is 5. The van der Waals surface area contributed by atoms with E-state index in [0.29, 0.717) is 17.9 Å². The van der Waals surface area contributed by atoms with Crippen LogP contribution in [-0.4, -0.2) is 60.3 Å². The first kappa shape index (κ1) is 41.2. The standard InChI is InChI=1S/C48H48N6O6/c1-6-18-37-33(29-41-43(50-30-49-41)45(55)58-31-59-46(56)60-32(2)3)27-28-39(42(37)47(4,5)57)38-25-16-17-26-40(38)44-51-52-53-54(44)48(34-19-10-7-11-20-34,35-21-12-8-13-22-35)36-23-14-9-15-24-36/h7-17,19-28,30,32,57H,6,18,29,31H2,1-5H3,(H,49,50). The van der Waals surface area contributed by atoms with Crippen molar-refractivity contribution in [1.82, 2.24) is 30.2 Å². The molecular formula is C48H48N6O6. The molecule has 0 saturated carbocycles. The van der Waals surface area contributed by atoms with Gasteiger partial charge in [-0.2, -0.15) is 0 Å². The molecule has 0 bridgehead atoms. The zero-order valence-electron chi connectivity index (χ0n) is 34.3. The van der Waals surface area contributed by atoms with Gasteiger partial charge in [0, 0.05) is 12.0 Å². The van der Waals surface area contributed by atoms with Crippen molar-refractivity contribution >= 4 is 12.1 Å². The van der Waals surface area contributed by atoms with E-state index in [2.05, 4.69) is 58.5 Å². The highest BCUT2D eigenvalue weighted by atomic mass is 16.8. The zero-order valence-corrected chi connectivity index (χ0v) is 34.3. The van der Waals surface area contributed by atoms with Crippen molar-refractivity contribution in [3.63, 3.8) is 0 Å². The first-order valence-corrected chi connectivity index (χ1v) is 20.0. The summed E-state index contributed by atoms with van der Waals surface area (Å²) in [6.45, 7) is 8.41. The number of aliphatic hydroxyl groups is 1. The van der Waals surface area contributed by atoms with E-state index in [-0.39, 0.29) is 18.2 Å². The monoisotopic (exact) mass is 804 g/mol. The number of esters is 1. The van der Waals surface area contributed by atoms with Crippen molar-refractivity contribution in [1.29, 1.82) is 0 Å². The van der Waals surface area contributed by atoms with E-state index in [1.165, 1.54) is 6.33 Å². The Bertz CT molecular complexity index is 2450. The van der Waals surface area contributed by atoms with Gasteiger partial charge in [0.1, 0.15) is 5.54 Å². The lowest BCUT2D eigenvalue weighted by atomic mass is 9.76. The Labute approximate surface area is 349 Å². The van der Waals surface area contributed by atoms with Gasteiger partial charge in [-0.15, -0.1) is 5.10 Å². The molecule has 0 radical (unpaired) electrons. The van der Waals surface area contributed by atoms with Gasteiger partial charge in [0.15, 0.2) is 11.5 Å². The second kappa shape index (κ2) is 17.9. The second-order valence-corrected chi connectivity index (χ2v) is 15.2. The first-order chi connectivity index (χ1) is 29.0. The van der Waals surface area contributed by atoms with E-state index >= 15 is 0 Å². The Morgan fingerprint density at radius 3 is 1.92 bits per heavy atom. The number of hydrogen-bond donors (Lipinski definition) is 2. The lowest BCUT2D eigenvalue weighted by molar-refractivity contribution is -0.0348. The summed E-state index contributed by atoms with van der Waals surface area (Å²) >= 11 is 0. The molecule has 2 aromatic heterocycles. The molecule has 0 unspecified atom stereocenters. The summed E-state index contributed by atoms with van der Waals surface area (Å²) in [4.78, 5) is 32.3. The number of aromatic nitrogens is 6. The van der Waals surface area contributed by atoms with Crippen LogP contribution in [0.25, 0.3) is 22.5 Å². The maximum atomic E-state index is 13.1. The quantitative estimate of drug-likeness (QED) is 0.0583. The first-order valence-electron chi connectivity index (χ1n) is 20.0. The molecule has 306 valence electrons. The molecule has 7 aromatic rings. The van der Waals surface area contributed by atoms with Crippen LogP contribution < -0.4 is 0 Å². The minimum Gasteiger partial charge on any atom is -0.431 e. The third kappa shape index (κ3) is 8.32. The number of imidazole rings is 1. The van der Waals surface area contributed by atoms with Gasteiger partial charge in [0.2, 0.25) is 6.79 Å². The highest BCUT2D eigenvalue weighted by Crippen LogP contribution is 2.45. The summed E-state index contributed by atoms with van der Waals surface area (Å²) in [7, 11) is 0. The van der Waals surface area contributed by atoms with Gasteiger partial charge in [0.05, 0.1) is 23.7 Å². The van der Waals surface area contributed by atoms with E-state index in [9.17, 15) is 14.7 Å². The van der Waals surface area contributed by atoms with Crippen LogP contribution in [0.4, 0.5) is 4.79 Å². The van der Waals surface area contributed by atoms with Gasteiger partial charge in [-0.1, -0.05) is 141 Å². The molecule has 5 aromatic carbocycles. The van der Waals surface area contributed by atoms with E-state index in [4.69, 9.17) is 24.5 Å².